The molecule has 0 bridgehead atoms. The summed E-state index contributed by atoms with van der Waals surface area (Å²) in [4.78, 5) is 25.4. The summed E-state index contributed by atoms with van der Waals surface area (Å²) in [5.74, 6) is 0.117. The van der Waals surface area contributed by atoms with E-state index < -0.39 is 12.1 Å². The SMILES string of the molecule is Cc1ccc(C)c(NC(=O)[C@@H](Cc2ccccc2)NC(=O)Oc2ccccc2)c1. The number of carbonyl (C=O) groups excluding carboxylic acids is 2. The van der Waals surface area contributed by atoms with Gasteiger partial charge in [-0.05, 0) is 48.7 Å². The summed E-state index contributed by atoms with van der Waals surface area (Å²) in [5.41, 5.74) is 3.66. The average Bonchev–Trinajstić information content (AvgIpc) is 2.71. The first-order chi connectivity index (χ1) is 14.0. The molecule has 0 spiro atoms. The van der Waals surface area contributed by atoms with Gasteiger partial charge < -0.3 is 15.4 Å². The van der Waals surface area contributed by atoms with Gasteiger partial charge in [0.15, 0.2) is 0 Å². The smallest absolute Gasteiger partial charge is 0.410 e. The summed E-state index contributed by atoms with van der Waals surface area (Å²) in [6.07, 6.45) is -0.324. The number of aryl methyl sites for hydroxylation is 2. The lowest BCUT2D eigenvalue weighted by atomic mass is 10.0. The molecule has 0 saturated heterocycles. The molecule has 0 aliphatic rings. The van der Waals surface area contributed by atoms with Crippen LogP contribution in [0.3, 0.4) is 0 Å². The van der Waals surface area contributed by atoms with Crippen molar-refractivity contribution in [3.8, 4) is 5.75 Å². The van der Waals surface area contributed by atoms with Gasteiger partial charge >= 0.3 is 6.09 Å². The van der Waals surface area contributed by atoms with Crippen LogP contribution < -0.4 is 15.4 Å². The second-order valence-corrected chi connectivity index (χ2v) is 6.90. The molecule has 0 aliphatic heterocycles. The molecular formula is C24H24N2O3. The van der Waals surface area contributed by atoms with Crippen molar-refractivity contribution < 1.29 is 14.3 Å². The normalized spacial score (nSPS) is 11.4. The summed E-state index contributed by atoms with van der Waals surface area (Å²) in [5, 5.41) is 5.63. The fourth-order valence-corrected chi connectivity index (χ4v) is 2.92. The summed E-state index contributed by atoms with van der Waals surface area (Å²) >= 11 is 0. The van der Waals surface area contributed by atoms with E-state index in [1.165, 1.54) is 0 Å². The van der Waals surface area contributed by atoms with E-state index in [0.717, 1.165) is 22.4 Å². The van der Waals surface area contributed by atoms with Crippen LogP contribution in [0.4, 0.5) is 10.5 Å². The molecule has 0 radical (unpaired) electrons. The van der Waals surface area contributed by atoms with Crippen molar-refractivity contribution >= 4 is 17.7 Å². The van der Waals surface area contributed by atoms with Crippen LogP contribution in [0.25, 0.3) is 0 Å². The van der Waals surface area contributed by atoms with E-state index in [2.05, 4.69) is 10.6 Å². The molecule has 5 heteroatoms. The quantitative estimate of drug-likeness (QED) is 0.646. The molecule has 0 aliphatic carbocycles. The monoisotopic (exact) mass is 388 g/mol. The second-order valence-electron chi connectivity index (χ2n) is 6.90. The number of anilines is 1. The maximum Gasteiger partial charge on any atom is 0.413 e. The van der Waals surface area contributed by atoms with Crippen molar-refractivity contribution in [3.63, 3.8) is 0 Å². The first-order valence-corrected chi connectivity index (χ1v) is 9.47. The van der Waals surface area contributed by atoms with Crippen molar-refractivity contribution in [2.24, 2.45) is 0 Å². The Hall–Kier alpha value is -3.60. The highest BCUT2D eigenvalue weighted by Crippen LogP contribution is 2.17. The Morgan fingerprint density at radius 1 is 0.897 bits per heavy atom. The summed E-state index contributed by atoms with van der Waals surface area (Å²) in [6, 6.07) is 23.4. The zero-order valence-electron chi connectivity index (χ0n) is 16.5. The van der Waals surface area contributed by atoms with Crippen LogP contribution in [-0.2, 0) is 11.2 Å². The van der Waals surface area contributed by atoms with Gasteiger partial charge in [0.05, 0.1) is 0 Å². The van der Waals surface area contributed by atoms with Crippen molar-refractivity contribution in [3.05, 3.63) is 95.6 Å². The van der Waals surface area contributed by atoms with Gasteiger partial charge in [-0.25, -0.2) is 4.79 Å². The van der Waals surface area contributed by atoms with E-state index in [1.807, 2.05) is 68.4 Å². The van der Waals surface area contributed by atoms with E-state index in [9.17, 15) is 9.59 Å². The minimum absolute atomic E-state index is 0.299. The number of rotatable bonds is 6. The number of para-hydroxylation sites is 1. The van der Waals surface area contributed by atoms with Gasteiger partial charge in [0.1, 0.15) is 11.8 Å². The third-order valence-corrected chi connectivity index (χ3v) is 4.50. The minimum Gasteiger partial charge on any atom is -0.410 e. The Morgan fingerprint density at radius 3 is 2.24 bits per heavy atom. The van der Waals surface area contributed by atoms with Gasteiger partial charge in [0.25, 0.3) is 0 Å². The lowest BCUT2D eigenvalue weighted by molar-refractivity contribution is -0.118. The van der Waals surface area contributed by atoms with Crippen molar-refractivity contribution in [2.45, 2.75) is 26.3 Å². The van der Waals surface area contributed by atoms with Gasteiger partial charge in [0, 0.05) is 12.1 Å². The highest BCUT2D eigenvalue weighted by Gasteiger charge is 2.23. The lowest BCUT2D eigenvalue weighted by Gasteiger charge is -2.19. The first kappa shape index (κ1) is 20.1. The maximum atomic E-state index is 13.0. The molecule has 3 aromatic carbocycles. The van der Waals surface area contributed by atoms with Crippen LogP contribution in [0.1, 0.15) is 16.7 Å². The third-order valence-electron chi connectivity index (χ3n) is 4.50. The van der Waals surface area contributed by atoms with Crippen LogP contribution in [-0.4, -0.2) is 18.0 Å². The predicted octanol–water partition coefficient (Wildman–Crippen LogP) is 4.64. The van der Waals surface area contributed by atoms with E-state index in [-0.39, 0.29) is 5.91 Å². The Kier molecular flexibility index (Phi) is 6.63. The van der Waals surface area contributed by atoms with E-state index in [4.69, 9.17) is 4.74 Å². The van der Waals surface area contributed by atoms with Gasteiger partial charge in [0.2, 0.25) is 5.91 Å². The molecule has 2 N–H and O–H groups in total. The largest absolute Gasteiger partial charge is 0.413 e. The van der Waals surface area contributed by atoms with Gasteiger partial charge in [-0.15, -0.1) is 0 Å². The number of ether oxygens (including phenoxy) is 1. The third kappa shape index (κ3) is 5.94. The summed E-state index contributed by atoms with van der Waals surface area (Å²) in [6.45, 7) is 3.89. The number of hydrogen-bond acceptors (Lipinski definition) is 3. The molecule has 0 fully saturated rings. The Morgan fingerprint density at radius 2 is 1.55 bits per heavy atom. The number of benzene rings is 3. The molecule has 0 unspecified atom stereocenters. The fourth-order valence-electron chi connectivity index (χ4n) is 2.92. The van der Waals surface area contributed by atoms with Crippen molar-refractivity contribution in [1.82, 2.24) is 5.32 Å². The van der Waals surface area contributed by atoms with Gasteiger partial charge in [-0.3, -0.25) is 4.79 Å². The summed E-state index contributed by atoms with van der Waals surface area (Å²) < 4.78 is 5.30. The molecule has 0 heterocycles. The Balaban J connectivity index is 1.75. The molecule has 5 nitrogen and oxygen atoms in total. The number of nitrogens with one attached hydrogen (secondary N) is 2. The Labute approximate surface area is 170 Å². The highest BCUT2D eigenvalue weighted by molar-refractivity contribution is 5.97. The molecule has 3 aromatic rings. The van der Waals surface area contributed by atoms with Gasteiger partial charge in [-0.1, -0.05) is 60.7 Å². The van der Waals surface area contributed by atoms with Crippen LogP contribution in [0, 0.1) is 13.8 Å². The molecule has 148 valence electrons. The van der Waals surface area contributed by atoms with E-state index >= 15 is 0 Å². The number of carbonyl (C=O) groups is 2. The standard InChI is InChI=1S/C24H24N2O3/c1-17-13-14-18(2)21(15-17)25-23(27)22(16-19-9-5-3-6-10-19)26-24(28)29-20-11-7-4-8-12-20/h3-15,22H,16H2,1-2H3,(H,25,27)(H,26,28)/t22-/m1/s1. The molecule has 29 heavy (non-hydrogen) atoms. The van der Waals surface area contributed by atoms with Crippen LogP contribution in [0.2, 0.25) is 0 Å². The fraction of sp³-hybridized carbons (Fsp3) is 0.167. The molecule has 1 atom stereocenters. The Bertz CT molecular complexity index is 972. The predicted molar refractivity (Wildman–Crippen MR) is 114 cm³/mol. The van der Waals surface area contributed by atoms with Gasteiger partial charge in [-0.2, -0.15) is 0 Å². The topological polar surface area (TPSA) is 67.4 Å². The minimum atomic E-state index is -0.784. The molecule has 3 rings (SSSR count). The summed E-state index contributed by atoms with van der Waals surface area (Å²) in [7, 11) is 0. The first-order valence-electron chi connectivity index (χ1n) is 9.47. The number of hydrogen-bond donors (Lipinski definition) is 2. The van der Waals surface area contributed by atoms with Crippen molar-refractivity contribution in [1.29, 1.82) is 0 Å². The average molecular weight is 388 g/mol. The van der Waals surface area contributed by atoms with E-state index in [1.54, 1.807) is 24.3 Å². The highest BCUT2D eigenvalue weighted by atomic mass is 16.6. The molecule has 0 saturated carbocycles. The molecule has 0 aromatic heterocycles. The lowest BCUT2D eigenvalue weighted by Crippen LogP contribution is -2.46. The number of amides is 2. The van der Waals surface area contributed by atoms with Crippen LogP contribution >= 0.6 is 0 Å². The van der Waals surface area contributed by atoms with Crippen LogP contribution in [0.15, 0.2) is 78.9 Å². The molecule has 2 amide bonds. The molecular weight excluding hydrogens is 364 g/mol. The van der Waals surface area contributed by atoms with E-state index in [0.29, 0.717) is 12.2 Å². The van der Waals surface area contributed by atoms with Crippen molar-refractivity contribution in [2.75, 3.05) is 5.32 Å². The maximum absolute atomic E-state index is 13.0. The second kappa shape index (κ2) is 9.55. The zero-order valence-corrected chi connectivity index (χ0v) is 16.5. The van der Waals surface area contributed by atoms with Crippen LogP contribution in [0.5, 0.6) is 5.75 Å². The zero-order chi connectivity index (χ0) is 20.6.